The van der Waals surface area contributed by atoms with Gasteiger partial charge in [-0.15, -0.1) is 0 Å². The van der Waals surface area contributed by atoms with E-state index >= 15 is 0 Å². The summed E-state index contributed by atoms with van der Waals surface area (Å²) in [6.07, 6.45) is 3.96. The van der Waals surface area contributed by atoms with Crippen LogP contribution in [0, 0.1) is 16.2 Å². The summed E-state index contributed by atoms with van der Waals surface area (Å²) in [6.45, 7) is 16.1. The van der Waals surface area contributed by atoms with Gasteiger partial charge in [0.05, 0.1) is 0 Å². The molecule has 1 rings (SSSR count). The van der Waals surface area contributed by atoms with Crippen LogP contribution in [-0.2, 0) is 0 Å². The quantitative estimate of drug-likeness (QED) is 0.832. The van der Waals surface area contributed by atoms with Gasteiger partial charge in [-0.3, -0.25) is 0 Å². The van der Waals surface area contributed by atoms with Crippen LogP contribution < -0.4 is 5.73 Å². The highest BCUT2D eigenvalue weighted by Crippen LogP contribution is 2.47. The summed E-state index contributed by atoms with van der Waals surface area (Å²) in [6, 6.07) is 0.703. The largest absolute Gasteiger partial charge is 0.330 e. The monoisotopic (exact) mass is 254 g/mol. The van der Waals surface area contributed by atoms with Crippen LogP contribution in [-0.4, -0.2) is 31.1 Å². The minimum atomic E-state index is 0.223. The normalized spacial score (nSPS) is 24.5. The zero-order chi connectivity index (χ0) is 14.2. The second kappa shape index (κ2) is 5.13. The average molecular weight is 254 g/mol. The summed E-state index contributed by atoms with van der Waals surface area (Å²) in [5.74, 6) is 0. The lowest BCUT2D eigenvalue weighted by Gasteiger charge is -2.49. The third-order valence-corrected chi connectivity index (χ3v) is 4.39. The van der Waals surface area contributed by atoms with Crippen LogP contribution in [0.2, 0.25) is 0 Å². The Morgan fingerprint density at radius 2 is 1.56 bits per heavy atom. The summed E-state index contributed by atoms with van der Waals surface area (Å²) in [4.78, 5) is 2.55. The van der Waals surface area contributed by atoms with E-state index in [2.05, 4.69) is 53.5 Å². The number of hydrogen-bond acceptors (Lipinski definition) is 2. The Hall–Kier alpha value is -0.0800. The number of rotatable bonds is 4. The topological polar surface area (TPSA) is 29.3 Å². The second-order valence-corrected chi connectivity index (χ2v) is 8.85. The Morgan fingerprint density at radius 3 is 1.94 bits per heavy atom. The van der Waals surface area contributed by atoms with Crippen molar-refractivity contribution in [2.24, 2.45) is 22.0 Å². The lowest BCUT2D eigenvalue weighted by Crippen LogP contribution is -2.48. The van der Waals surface area contributed by atoms with Gasteiger partial charge in [0.2, 0.25) is 0 Å². The summed E-state index contributed by atoms with van der Waals surface area (Å²) in [5, 5.41) is 0. The number of nitrogens with zero attached hydrogens (tertiary/aromatic N) is 1. The van der Waals surface area contributed by atoms with Crippen molar-refractivity contribution >= 4 is 0 Å². The molecule has 0 spiro atoms. The van der Waals surface area contributed by atoms with Crippen LogP contribution in [0.3, 0.4) is 0 Å². The lowest BCUT2D eigenvalue weighted by atomic mass is 9.63. The zero-order valence-corrected chi connectivity index (χ0v) is 13.6. The van der Waals surface area contributed by atoms with Gasteiger partial charge >= 0.3 is 0 Å². The smallest absolute Gasteiger partial charge is 0.0103 e. The summed E-state index contributed by atoms with van der Waals surface area (Å²) in [5.41, 5.74) is 7.02. The first kappa shape index (κ1) is 16.0. The molecule has 1 saturated carbocycles. The van der Waals surface area contributed by atoms with Gasteiger partial charge in [0.1, 0.15) is 0 Å². The van der Waals surface area contributed by atoms with Crippen LogP contribution in [0.25, 0.3) is 0 Å². The molecule has 0 aromatic carbocycles. The predicted octanol–water partition coefficient (Wildman–Crippen LogP) is 3.51. The van der Waals surface area contributed by atoms with Gasteiger partial charge in [-0.25, -0.2) is 0 Å². The fraction of sp³-hybridized carbons (Fsp3) is 1.00. The highest BCUT2D eigenvalue weighted by molar-refractivity contribution is 4.93. The molecule has 0 unspecified atom stereocenters. The first-order valence-corrected chi connectivity index (χ1v) is 7.37. The molecule has 0 bridgehead atoms. The minimum Gasteiger partial charge on any atom is -0.330 e. The number of nitrogens with two attached hydrogens (primary N) is 1. The van der Waals surface area contributed by atoms with Gasteiger partial charge in [0.15, 0.2) is 0 Å². The molecule has 1 aliphatic rings. The average Bonchev–Trinajstić information content (AvgIpc) is 2.12. The molecule has 2 N–H and O–H groups in total. The fourth-order valence-corrected chi connectivity index (χ4v) is 3.97. The molecule has 1 fully saturated rings. The van der Waals surface area contributed by atoms with Crippen molar-refractivity contribution in [3.05, 3.63) is 0 Å². The Bertz CT molecular complexity index is 263. The molecule has 18 heavy (non-hydrogen) atoms. The number of hydrogen-bond donors (Lipinski definition) is 1. The van der Waals surface area contributed by atoms with Crippen molar-refractivity contribution in [3.63, 3.8) is 0 Å². The molecule has 0 saturated heterocycles. The van der Waals surface area contributed by atoms with E-state index in [1.54, 1.807) is 0 Å². The van der Waals surface area contributed by atoms with E-state index in [1.165, 1.54) is 19.3 Å². The maximum absolute atomic E-state index is 5.86. The van der Waals surface area contributed by atoms with E-state index < -0.39 is 0 Å². The van der Waals surface area contributed by atoms with Crippen molar-refractivity contribution in [2.45, 2.75) is 66.8 Å². The molecule has 1 aliphatic carbocycles. The Labute approximate surface area is 114 Å². The van der Waals surface area contributed by atoms with E-state index in [9.17, 15) is 0 Å². The van der Waals surface area contributed by atoms with Gasteiger partial charge in [-0.1, -0.05) is 41.5 Å². The summed E-state index contributed by atoms with van der Waals surface area (Å²) in [7, 11) is 2.28. The maximum atomic E-state index is 5.86. The third kappa shape index (κ3) is 4.55. The molecule has 0 atom stereocenters. The van der Waals surface area contributed by atoms with Gasteiger partial charge in [-0.05, 0) is 49.1 Å². The van der Waals surface area contributed by atoms with E-state index in [0.717, 1.165) is 13.1 Å². The molecule has 108 valence electrons. The second-order valence-electron chi connectivity index (χ2n) is 8.85. The zero-order valence-electron chi connectivity index (χ0n) is 13.6. The SMILES string of the molecule is CN(CC(C)(C)CN)C1CC(C)(C)CC(C)(C)C1. The van der Waals surface area contributed by atoms with Crippen LogP contribution in [0.4, 0.5) is 0 Å². The maximum Gasteiger partial charge on any atom is 0.0103 e. The molecule has 2 nitrogen and oxygen atoms in total. The van der Waals surface area contributed by atoms with Gasteiger partial charge < -0.3 is 10.6 Å². The van der Waals surface area contributed by atoms with Crippen molar-refractivity contribution in [1.29, 1.82) is 0 Å². The molecule has 0 aromatic rings. The Kier molecular flexibility index (Phi) is 4.55. The fourth-order valence-electron chi connectivity index (χ4n) is 3.97. The standard InChI is InChI=1S/C16H34N2/c1-14(2)8-13(9-15(3,4)10-14)18(7)12-16(5,6)11-17/h13H,8-12,17H2,1-7H3. The van der Waals surface area contributed by atoms with E-state index in [-0.39, 0.29) is 5.41 Å². The van der Waals surface area contributed by atoms with Gasteiger partial charge in [-0.2, -0.15) is 0 Å². The summed E-state index contributed by atoms with van der Waals surface area (Å²) < 4.78 is 0. The van der Waals surface area contributed by atoms with E-state index in [4.69, 9.17) is 5.73 Å². The lowest BCUT2D eigenvalue weighted by molar-refractivity contribution is 0.0225. The van der Waals surface area contributed by atoms with Crippen LogP contribution in [0.5, 0.6) is 0 Å². The first-order chi connectivity index (χ1) is 7.96. The molecule has 0 heterocycles. The van der Waals surface area contributed by atoms with Crippen molar-refractivity contribution in [3.8, 4) is 0 Å². The van der Waals surface area contributed by atoms with E-state index in [0.29, 0.717) is 16.9 Å². The Balaban J connectivity index is 2.71. The molecule has 0 amide bonds. The van der Waals surface area contributed by atoms with Gasteiger partial charge in [0, 0.05) is 12.6 Å². The molecule has 2 heteroatoms. The molecule has 0 aliphatic heterocycles. The highest BCUT2D eigenvalue weighted by atomic mass is 15.1. The van der Waals surface area contributed by atoms with Crippen molar-refractivity contribution < 1.29 is 0 Å². The highest BCUT2D eigenvalue weighted by Gasteiger charge is 2.40. The molecular weight excluding hydrogens is 220 g/mol. The molecule has 0 radical (unpaired) electrons. The molecular formula is C16H34N2. The first-order valence-electron chi connectivity index (χ1n) is 7.37. The third-order valence-electron chi connectivity index (χ3n) is 4.39. The minimum absolute atomic E-state index is 0.223. The van der Waals surface area contributed by atoms with Crippen LogP contribution in [0.15, 0.2) is 0 Å². The van der Waals surface area contributed by atoms with Gasteiger partial charge in [0.25, 0.3) is 0 Å². The van der Waals surface area contributed by atoms with Crippen molar-refractivity contribution in [1.82, 2.24) is 4.90 Å². The predicted molar refractivity (Wildman–Crippen MR) is 80.7 cm³/mol. The Morgan fingerprint density at radius 1 is 1.11 bits per heavy atom. The van der Waals surface area contributed by atoms with Crippen molar-refractivity contribution in [2.75, 3.05) is 20.1 Å². The van der Waals surface area contributed by atoms with E-state index in [1.807, 2.05) is 0 Å². The molecule has 0 aromatic heterocycles. The summed E-state index contributed by atoms with van der Waals surface area (Å²) >= 11 is 0. The van der Waals surface area contributed by atoms with Crippen LogP contribution >= 0.6 is 0 Å². The van der Waals surface area contributed by atoms with Crippen LogP contribution in [0.1, 0.15) is 60.8 Å².